The van der Waals surface area contributed by atoms with Gasteiger partial charge in [-0.05, 0) is 29.8 Å². The molecule has 0 radical (unpaired) electrons. The summed E-state index contributed by atoms with van der Waals surface area (Å²) >= 11 is 0. The lowest BCUT2D eigenvalue weighted by Gasteiger charge is -2.18. The molecule has 162 valence electrons. The van der Waals surface area contributed by atoms with Crippen LogP contribution >= 0.6 is 0 Å². The van der Waals surface area contributed by atoms with Gasteiger partial charge in [-0.25, -0.2) is 14.8 Å². The first kappa shape index (κ1) is 21.0. The standard InChI is InChI=1S/C24H24N6O2/c1-29(16-18-7-3-2-4-8-18)24(32)25-14-13-23(31)28-19-11-12-22(26-15-19)30-17-27-20-9-5-6-10-21(20)30/h2-12,15,17H,13-14,16H2,1H3,(H,25,32)(H,28,31). The maximum Gasteiger partial charge on any atom is 0.317 e. The van der Waals surface area contributed by atoms with Gasteiger partial charge in [0, 0.05) is 26.6 Å². The molecule has 4 aromatic rings. The zero-order chi connectivity index (χ0) is 22.3. The normalized spacial score (nSPS) is 10.7. The first-order chi connectivity index (χ1) is 15.6. The molecule has 0 saturated heterocycles. The number of hydrogen-bond donors (Lipinski definition) is 2. The van der Waals surface area contributed by atoms with Gasteiger partial charge in [0.15, 0.2) is 0 Å². The molecule has 0 atom stereocenters. The van der Waals surface area contributed by atoms with Crippen LogP contribution in [0.3, 0.4) is 0 Å². The summed E-state index contributed by atoms with van der Waals surface area (Å²) < 4.78 is 1.89. The number of amides is 3. The minimum Gasteiger partial charge on any atom is -0.337 e. The van der Waals surface area contributed by atoms with Gasteiger partial charge in [0.1, 0.15) is 12.1 Å². The fourth-order valence-corrected chi connectivity index (χ4v) is 3.31. The summed E-state index contributed by atoms with van der Waals surface area (Å²) in [5, 5.41) is 5.57. The highest BCUT2D eigenvalue weighted by molar-refractivity contribution is 5.91. The number of carbonyl (C=O) groups excluding carboxylic acids is 2. The summed E-state index contributed by atoms with van der Waals surface area (Å²) in [5.74, 6) is 0.518. The van der Waals surface area contributed by atoms with Gasteiger partial charge in [-0.1, -0.05) is 42.5 Å². The van der Waals surface area contributed by atoms with Crippen LogP contribution in [-0.2, 0) is 11.3 Å². The molecular formula is C24H24N6O2. The number of nitrogens with zero attached hydrogens (tertiary/aromatic N) is 4. The largest absolute Gasteiger partial charge is 0.337 e. The number of hydrogen-bond acceptors (Lipinski definition) is 4. The van der Waals surface area contributed by atoms with Crippen LogP contribution in [0.2, 0.25) is 0 Å². The number of imidazole rings is 1. The Hall–Kier alpha value is -4.20. The molecule has 0 fully saturated rings. The minimum absolute atomic E-state index is 0.166. The quantitative estimate of drug-likeness (QED) is 0.471. The van der Waals surface area contributed by atoms with Crippen molar-refractivity contribution < 1.29 is 9.59 Å². The molecule has 3 amide bonds. The number of rotatable bonds is 7. The first-order valence-corrected chi connectivity index (χ1v) is 10.3. The monoisotopic (exact) mass is 428 g/mol. The Bertz CT molecular complexity index is 1200. The van der Waals surface area contributed by atoms with E-state index >= 15 is 0 Å². The number of urea groups is 1. The van der Waals surface area contributed by atoms with E-state index in [-0.39, 0.29) is 24.9 Å². The number of anilines is 1. The number of carbonyl (C=O) groups is 2. The van der Waals surface area contributed by atoms with Crippen molar-refractivity contribution in [2.45, 2.75) is 13.0 Å². The Labute approximate surface area is 185 Å². The highest BCUT2D eigenvalue weighted by Gasteiger charge is 2.10. The van der Waals surface area contributed by atoms with Crippen molar-refractivity contribution in [1.29, 1.82) is 0 Å². The average molecular weight is 428 g/mol. The fraction of sp³-hybridized carbons (Fsp3) is 0.167. The predicted octanol–water partition coefficient (Wildman–Crippen LogP) is 3.59. The number of aromatic nitrogens is 3. The van der Waals surface area contributed by atoms with Crippen LogP contribution in [0.4, 0.5) is 10.5 Å². The van der Waals surface area contributed by atoms with E-state index in [9.17, 15) is 9.59 Å². The second kappa shape index (κ2) is 9.74. The van der Waals surface area contributed by atoms with Crippen molar-refractivity contribution in [3.8, 4) is 5.82 Å². The van der Waals surface area contributed by atoms with Crippen molar-refractivity contribution in [2.75, 3.05) is 18.9 Å². The summed E-state index contributed by atoms with van der Waals surface area (Å²) in [6.07, 6.45) is 3.50. The van der Waals surface area contributed by atoms with Crippen LogP contribution in [0.15, 0.2) is 79.3 Å². The predicted molar refractivity (Wildman–Crippen MR) is 123 cm³/mol. The molecule has 8 heteroatoms. The average Bonchev–Trinajstić information content (AvgIpc) is 3.24. The summed E-state index contributed by atoms with van der Waals surface area (Å²) in [6.45, 7) is 0.749. The maximum atomic E-state index is 12.2. The van der Waals surface area contributed by atoms with Gasteiger partial charge >= 0.3 is 6.03 Å². The van der Waals surface area contributed by atoms with E-state index in [1.54, 1.807) is 30.5 Å². The van der Waals surface area contributed by atoms with Crippen molar-refractivity contribution in [3.05, 3.63) is 84.8 Å². The molecule has 2 aromatic carbocycles. The molecule has 2 heterocycles. The summed E-state index contributed by atoms with van der Waals surface area (Å²) in [7, 11) is 1.72. The maximum absolute atomic E-state index is 12.2. The van der Waals surface area contributed by atoms with Crippen LogP contribution < -0.4 is 10.6 Å². The van der Waals surface area contributed by atoms with Crippen LogP contribution in [0.5, 0.6) is 0 Å². The van der Waals surface area contributed by atoms with Crippen molar-refractivity contribution in [2.24, 2.45) is 0 Å². The lowest BCUT2D eigenvalue weighted by molar-refractivity contribution is -0.116. The molecule has 0 saturated carbocycles. The molecule has 0 bridgehead atoms. The topological polar surface area (TPSA) is 92.2 Å². The van der Waals surface area contributed by atoms with E-state index in [1.165, 1.54) is 0 Å². The van der Waals surface area contributed by atoms with Crippen LogP contribution in [-0.4, -0.2) is 45.0 Å². The molecule has 8 nitrogen and oxygen atoms in total. The van der Waals surface area contributed by atoms with Gasteiger partial charge < -0.3 is 15.5 Å². The number of para-hydroxylation sites is 2. The zero-order valence-electron chi connectivity index (χ0n) is 17.7. The summed E-state index contributed by atoms with van der Waals surface area (Å²) in [6, 6.07) is 20.9. The van der Waals surface area contributed by atoms with E-state index in [0.717, 1.165) is 16.6 Å². The van der Waals surface area contributed by atoms with E-state index in [1.807, 2.05) is 65.2 Å². The first-order valence-electron chi connectivity index (χ1n) is 10.3. The molecular weight excluding hydrogens is 404 g/mol. The van der Waals surface area contributed by atoms with Crippen molar-refractivity contribution in [1.82, 2.24) is 24.8 Å². The summed E-state index contributed by atoms with van der Waals surface area (Å²) in [5.41, 5.74) is 3.49. The second-order valence-corrected chi connectivity index (χ2v) is 7.38. The Morgan fingerprint density at radius 1 is 0.969 bits per heavy atom. The fourth-order valence-electron chi connectivity index (χ4n) is 3.31. The SMILES string of the molecule is CN(Cc1ccccc1)C(=O)NCCC(=O)Nc1ccc(-n2cnc3ccccc32)nc1. The van der Waals surface area contributed by atoms with Gasteiger partial charge in [0.05, 0.1) is 22.9 Å². The van der Waals surface area contributed by atoms with Crippen LogP contribution in [0.25, 0.3) is 16.9 Å². The highest BCUT2D eigenvalue weighted by Crippen LogP contribution is 2.17. The molecule has 0 spiro atoms. The van der Waals surface area contributed by atoms with E-state index in [0.29, 0.717) is 18.1 Å². The van der Waals surface area contributed by atoms with Gasteiger partial charge in [-0.2, -0.15) is 0 Å². The third kappa shape index (κ3) is 5.10. The zero-order valence-corrected chi connectivity index (χ0v) is 17.7. The number of benzene rings is 2. The molecule has 0 aliphatic heterocycles. The lowest BCUT2D eigenvalue weighted by Crippen LogP contribution is -2.38. The molecule has 2 N–H and O–H groups in total. The van der Waals surface area contributed by atoms with E-state index < -0.39 is 0 Å². The van der Waals surface area contributed by atoms with Gasteiger partial charge in [-0.15, -0.1) is 0 Å². The molecule has 0 unspecified atom stereocenters. The Kier molecular flexibility index (Phi) is 6.41. The van der Waals surface area contributed by atoms with Crippen molar-refractivity contribution in [3.63, 3.8) is 0 Å². The van der Waals surface area contributed by atoms with E-state index in [2.05, 4.69) is 20.6 Å². The van der Waals surface area contributed by atoms with Crippen LogP contribution in [0.1, 0.15) is 12.0 Å². The molecule has 0 aliphatic carbocycles. The molecule has 32 heavy (non-hydrogen) atoms. The van der Waals surface area contributed by atoms with Gasteiger partial charge in [0.2, 0.25) is 5.91 Å². The third-order valence-corrected chi connectivity index (χ3v) is 4.97. The van der Waals surface area contributed by atoms with Gasteiger partial charge in [-0.3, -0.25) is 9.36 Å². The Morgan fingerprint density at radius 3 is 2.53 bits per heavy atom. The van der Waals surface area contributed by atoms with Crippen LogP contribution in [0, 0.1) is 0 Å². The number of pyridine rings is 1. The Morgan fingerprint density at radius 2 is 1.75 bits per heavy atom. The molecule has 2 aromatic heterocycles. The number of nitrogens with one attached hydrogen (secondary N) is 2. The third-order valence-electron chi connectivity index (χ3n) is 4.97. The van der Waals surface area contributed by atoms with E-state index in [4.69, 9.17) is 0 Å². The minimum atomic E-state index is -0.222. The number of fused-ring (bicyclic) bond motifs is 1. The molecule has 0 aliphatic rings. The Balaban J connectivity index is 1.25. The van der Waals surface area contributed by atoms with Crippen molar-refractivity contribution >= 4 is 28.7 Å². The lowest BCUT2D eigenvalue weighted by atomic mass is 10.2. The smallest absolute Gasteiger partial charge is 0.317 e. The molecule has 4 rings (SSSR count). The highest BCUT2D eigenvalue weighted by atomic mass is 16.2. The summed E-state index contributed by atoms with van der Waals surface area (Å²) in [4.78, 5) is 34.8. The van der Waals surface area contributed by atoms with Gasteiger partial charge in [0.25, 0.3) is 0 Å². The second-order valence-electron chi connectivity index (χ2n) is 7.38.